The minimum atomic E-state index is -0.847. The van der Waals surface area contributed by atoms with Gasteiger partial charge >= 0.3 is 11.9 Å². The number of aryl methyl sites for hydroxylation is 2. The number of carboxylic acids is 2. The monoisotopic (exact) mass is 312 g/mol. The van der Waals surface area contributed by atoms with Crippen molar-refractivity contribution >= 4 is 33.9 Å². The van der Waals surface area contributed by atoms with Crippen molar-refractivity contribution in [3.05, 3.63) is 47.5 Å². The molecule has 0 bridgehead atoms. The molecule has 3 aromatic rings. The number of para-hydroxylation sites is 2. The number of furan rings is 1. The minimum Gasteiger partial charge on any atom is -0.481 e. The van der Waals surface area contributed by atoms with Gasteiger partial charge in [-0.3, -0.25) is 9.59 Å². The summed E-state index contributed by atoms with van der Waals surface area (Å²) in [6, 6.07) is 11.4. The highest BCUT2D eigenvalue weighted by atomic mass is 16.4. The van der Waals surface area contributed by atoms with Gasteiger partial charge in [0.2, 0.25) is 0 Å². The summed E-state index contributed by atoms with van der Waals surface area (Å²) in [5.41, 5.74) is 3.08. The number of carbonyl (C=O) groups is 2. The van der Waals surface area contributed by atoms with E-state index >= 15 is 0 Å². The average Bonchev–Trinajstić information content (AvgIpc) is 2.90. The van der Waals surface area contributed by atoms with Gasteiger partial charge in [0.15, 0.2) is 0 Å². The Balaban J connectivity index is 2.09. The molecule has 0 unspecified atom stereocenters. The Morgan fingerprint density at radius 3 is 1.61 bits per heavy atom. The first-order valence-corrected chi connectivity index (χ1v) is 7.42. The zero-order chi connectivity index (χ0) is 16.4. The van der Waals surface area contributed by atoms with E-state index in [0.717, 1.165) is 21.9 Å². The van der Waals surface area contributed by atoms with Crippen LogP contribution in [-0.2, 0) is 22.4 Å². The van der Waals surface area contributed by atoms with E-state index in [0.29, 0.717) is 24.0 Å². The maximum absolute atomic E-state index is 10.8. The zero-order valence-corrected chi connectivity index (χ0v) is 12.4. The Labute approximate surface area is 132 Å². The molecule has 5 heteroatoms. The van der Waals surface area contributed by atoms with Crippen LogP contribution in [0.25, 0.3) is 21.9 Å². The molecule has 1 heterocycles. The maximum Gasteiger partial charge on any atom is 0.303 e. The van der Waals surface area contributed by atoms with Crippen LogP contribution in [0.15, 0.2) is 40.8 Å². The topological polar surface area (TPSA) is 87.7 Å². The van der Waals surface area contributed by atoms with E-state index in [1.165, 1.54) is 0 Å². The first-order valence-electron chi connectivity index (χ1n) is 7.42. The lowest BCUT2D eigenvalue weighted by atomic mass is 10.0. The van der Waals surface area contributed by atoms with Crippen LogP contribution >= 0.6 is 0 Å². The highest BCUT2D eigenvalue weighted by Crippen LogP contribution is 2.33. The van der Waals surface area contributed by atoms with Crippen molar-refractivity contribution in [1.29, 1.82) is 0 Å². The molecule has 0 saturated carbocycles. The summed E-state index contributed by atoms with van der Waals surface area (Å²) >= 11 is 0. The molecule has 23 heavy (non-hydrogen) atoms. The van der Waals surface area contributed by atoms with Crippen molar-refractivity contribution in [2.75, 3.05) is 0 Å². The first-order chi connectivity index (χ1) is 11.1. The van der Waals surface area contributed by atoms with Crippen molar-refractivity contribution in [2.24, 2.45) is 0 Å². The first kappa shape index (κ1) is 15.1. The third kappa shape index (κ3) is 3.04. The van der Waals surface area contributed by atoms with Crippen molar-refractivity contribution in [3.63, 3.8) is 0 Å². The van der Waals surface area contributed by atoms with Crippen LogP contribution in [-0.4, -0.2) is 22.2 Å². The van der Waals surface area contributed by atoms with E-state index in [9.17, 15) is 9.59 Å². The van der Waals surface area contributed by atoms with Crippen molar-refractivity contribution in [3.8, 4) is 0 Å². The number of rotatable bonds is 6. The molecule has 2 N–H and O–H groups in total. The molecule has 0 atom stereocenters. The predicted octanol–water partition coefficient (Wildman–Crippen LogP) is 3.62. The normalized spacial score (nSPS) is 11.1. The van der Waals surface area contributed by atoms with Gasteiger partial charge < -0.3 is 14.6 Å². The van der Waals surface area contributed by atoms with Gasteiger partial charge in [0, 0.05) is 23.6 Å². The third-order valence-corrected chi connectivity index (χ3v) is 3.90. The number of benzene rings is 2. The molecule has 118 valence electrons. The molecule has 0 amide bonds. The van der Waals surface area contributed by atoms with Crippen LogP contribution in [0.4, 0.5) is 0 Å². The Hall–Kier alpha value is -2.82. The van der Waals surface area contributed by atoms with Crippen LogP contribution in [0.1, 0.15) is 24.0 Å². The fourth-order valence-electron chi connectivity index (χ4n) is 2.81. The van der Waals surface area contributed by atoms with Gasteiger partial charge in [-0.25, -0.2) is 0 Å². The lowest BCUT2D eigenvalue weighted by Gasteiger charge is -1.99. The molecule has 3 rings (SSSR count). The van der Waals surface area contributed by atoms with Gasteiger partial charge in [0.25, 0.3) is 0 Å². The standard InChI is InChI=1S/C18H16O5/c19-15(20)9-7-11-3-1-5-13-14-6-2-4-12(8-10-16(21)22)18(14)23-17(11)13/h1-6H,7-10H2,(H,19,20)(H,21,22). The van der Waals surface area contributed by atoms with Gasteiger partial charge in [0.1, 0.15) is 11.2 Å². The Morgan fingerprint density at radius 1 is 0.783 bits per heavy atom. The fraction of sp³-hybridized carbons (Fsp3) is 0.222. The molecule has 2 aromatic carbocycles. The van der Waals surface area contributed by atoms with E-state index < -0.39 is 11.9 Å². The van der Waals surface area contributed by atoms with Gasteiger partial charge in [-0.1, -0.05) is 36.4 Å². The summed E-state index contributed by atoms with van der Waals surface area (Å²) in [4.78, 5) is 21.6. The molecule has 0 radical (unpaired) electrons. The summed E-state index contributed by atoms with van der Waals surface area (Å²) in [6.07, 6.45) is 0.887. The maximum atomic E-state index is 10.8. The number of fused-ring (bicyclic) bond motifs is 3. The van der Waals surface area contributed by atoms with Gasteiger partial charge in [0.05, 0.1) is 0 Å². The summed E-state index contributed by atoms with van der Waals surface area (Å²) in [7, 11) is 0. The molecular weight excluding hydrogens is 296 g/mol. The predicted molar refractivity (Wildman–Crippen MR) is 85.6 cm³/mol. The van der Waals surface area contributed by atoms with Gasteiger partial charge in [-0.15, -0.1) is 0 Å². The molecule has 0 aliphatic heterocycles. The molecule has 1 aromatic heterocycles. The molecule has 5 nitrogen and oxygen atoms in total. The SMILES string of the molecule is O=C(O)CCc1cccc2c1oc1c(CCC(=O)O)cccc12. The van der Waals surface area contributed by atoms with Crippen molar-refractivity contribution < 1.29 is 24.2 Å². The lowest BCUT2D eigenvalue weighted by Crippen LogP contribution is -1.97. The highest BCUT2D eigenvalue weighted by Gasteiger charge is 2.14. The number of hydrogen-bond acceptors (Lipinski definition) is 3. The molecule has 0 saturated heterocycles. The van der Waals surface area contributed by atoms with E-state index in [1.807, 2.05) is 36.4 Å². The molecule has 0 fully saturated rings. The molecule has 0 spiro atoms. The van der Waals surface area contributed by atoms with Crippen LogP contribution in [0.5, 0.6) is 0 Å². The van der Waals surface area contributed by atoms with Crippen LogP contribution in [0, 0.1) is 0 Å². The minimum absolute atomic E-state index is 0.0437. The van der Waals surface area contributed by atoms with E-state index in [-0.39, 0.29) is 12.8 Å². The van der Waals surface area contributed by atoms with Gasteiger partial charge in [-0.05, 0) is 24.0 Å². The van der Waals surface area contributed by atoms with Crippen molar-refractivity contribution in [1.82, 2.24) is 0 Å². The summed E-state index contributed by atoms with van der Waals surface area (Å²) in [5.74, 6) is -1.69. The quantitative estimate of drug-likeness (QED) is 0.726. The third-order valence-electron chi connectivity index (χ3n) is 3.90. The molecular formula is C18H16O5. The van der Waals surface area contributed by atoms with E-state index in [2.05, 4.69) is 0 Å². The average molecular weight is 312 g/mol. The van der Waals surface area contributed by atoms with Gasteiger partial charge in [-0.2, -0.15) is 0 Å². The van der Waals surface area contributed by atoms with Crippen LogP contribution < -0.4 is 0 Å². The number of hydrogen-bond donors (Lipinski definition) is 2. The van der Waals surface area contributed by atoms with Crippen LogP contribution in [0.2, 0.25) is 0 Å². The lowest BCUT2D eigenvalue weighted by molar-refractivity contribution is -0.138. The Bertz CT molecular complexity index is 819. The smallest absolute Gasteiger partial charge is 0.303 e. The zero-order valence-electron chi connectivity index (χ0n) is 12.4. The Kier molecular flexibility index (Phi) is 4.02. The fourth-order valence-corrected chi connectivity index (χ4v) is 2.81. The molecule has 0 aliphatic rings. The second-order valence-electron chi connectivity index (χ2n) is 5.48. The van der Waals surface area contributed by atoms with Crippen LogP contribution in [0.3, 0.4) is 0 Å². The number of aliphatic carboxylic acids is 2. The van der Waals surface area contributed by atoms with Crippen molar-refractivity contribution in [2.45, 2.75) is 25.7 Å². The summed E-state index contributed by atoms with van der Waals surface area (Å²) < 4.78 is 5.99. The second-order valence-corrected chi connectivity index (χ2v) is 5.48. The Morgan fingerprint density at radius 2 is 1.22 bits per heavy atom. The van der Waals surface area contributed by atoms with E-state index in [4.69, 9.17) is 14.6 Å². The second kappa shape index (κ2) is 6.12. The van der Waals surface area contributed by atoms with E-state index in [1.54, 1.807) is 0 Å². The summed E-state index contributed by atoms with van der Waals surface area (Å²) in [6.45, 7) is 0. The largest absolute Gasteiger partial charge is 0.481 e. The highest BCUT2D eigenvalue weighted by molar-refractivity contribution is 6.06. The summed E-state index contributed by atoms with van der Waals surface area (Å²) in [5, 5.41) is 19.6. The molecule has 0 aliphatic carbocycles. The number of carboxylic acid groups (broad SMARTS) is 2.